The van der Waals surface area contributed by atoms with Crippen LogP contribution in [0.2, 0.25) is 0 Å². The number of nitrogens with zero attached hydrogens (tertiary/aromatic N) is 5. The number of rotatable bonds is 10. The van der Waals surface area contributed by atoms with Crippen molar-refractivity contribution in [3.63, 3.8) is 0 Å². The van der Waals surface area contributed by atoms with Gasteiger partial charge in [0.15, 0.2) is 5.16 Å². The first-order chi connectivity index (χ1) is 20.5. The molecule has 0 radical (unpaired) electrons. The second-order valence-corrected chi connectivity index (χ2v) is 11.7. The second-order valence-electron chi connectivity index (χ2n) is 10.8. The number of aryl methyl sites for hydroxylation is 1. The lowest BCUT2D eigenvalue weighted by Crippen LogP contribution is -2.47. The third-order valence-corrected chi connectivity index (χ3v) is 8.56. The van der Waals surface area contributed by atoms with Crippen LogP contribution in [0.4, 0.5) is 5.82 Å². The minimum absolute atomic E-state index is 0.0186. The zero-order chi connectivity index (χ0) is 29.3. The minimum Gasteiger partial charge on any atom is -0.354 e. The Morgan fingerprint density at radius 1 is 0.881 bits per heavy atom. The summed E-state index contributed by atoms with van der Waals surface area (Å²) in [5.74, 6) is 1.76. The van der Waals surface area contributed by atoms with Gasteiger partial charge in [0.1, 0.15) is 5.82 Å². The first-order valence-electron chi connectivity index (χ1n) is 14.5. The molecule has 1 amide bonds. The van der Waals surface area contributed by atoms with E-state index in [0.717, 1.165) is 66.1 Å². The Morgan fingerprint density at radius 2 is 1.57 bits per heavy atom. The Labute approximate surface area is 254 Å². The molecule has 42 heavy (non-hydrogen) atoms. The lowest BCUT2D eigenvalue weighted by Gasteiger charge is -2.35. The SMILES string of the molecule is Cc1nc(SCc2cccc(C(=O)N(C)Cc3ccccc3)c2)nc(N2CCN(CC=Cc3ccccc3)CC2)c1C. The number of anilines is 1. The Balaban J connectivity index is 1.17. The van der Waals surface area contributed by atoms with Crippen molar-refractivity contribution < 1.29 is 4.79 Å². The summed E-state index contributed by atoms with van der Waals surface area (Å²) in [5, 5.41) is 0.777. The monoisotopic (exact) mass is 577 g/mol. The predicted molar refractivity (Wildman–Crippen MR) is 174 cm³/mol. The molecule has 5 rings (SSSR count). The second kappa shape index (κ2) is 14.3. The molecule has 2 heterocycles. The van der Waals surface area contributed by atoms with E-state index in [1.807, 2.05) is 61.6 Å². The van der Waals surface area contributed by atoms with Gasteiger partial charge in [-0.3, -0.25) is 9.69 Å². The topological polar surface area (TPSA) is 52.6 Å². The van der Waals surface area contributed by atoms with Crippen LogP contribution in [0.1, 0.15) is 38.3 Å². The quantitative estimate of drug-likeness (QED) is 0.159. The van der Waals surface area contributed by atoms with Crippen molar-refractivity contribution in [1.29, 1.82) is 0 Å². The number of piperazine rings is 1. The van der Waals surface area contributed by atoms with Crippen molar-refractivity contribution in [2.24, 2.45) is 0 Å². The average molecular weight is 578 g/mol. The van der Waals surface area contributed by atoms with Gasteiger partial charge in [-0.15, -0.1) is 0 Å². The molecule has 216 valence electrons. The van der Waals surface area contributed by atoms with Crippen LogP contribution in [0.5, 0.6) is 0 Å². The first-order valence-corrected chi connectivity index (χ1v) is 15.5. The summed E-state index contributed by atoms with van der Waals surface area (Å²) in [4.78, 5) is 29.5. The van der Waals surface area contributed by atoms with Crippen LogP contribution in [0.25, 0.3) is 6.08 Å². The maximum atomic E-state index is 13.1. The molecule has 1 aliphatic rings. The number of hydrogen-bond acceptors (Lipinski definition) is 6. The molecule has 3 aromatic carbocycles. The number of amides is 1. The van der Waals surface area contributed by atoms with Crippen LogP contribution in [-0.2, 0) is 12.3 Å². The number of carbonyl (C=O) groups excluding carboxylic acids is 1. The molecule has 0 aliphatic carbocycles. The third-order valence-electron chi connectivity index (χ3n) is 7.64. The Hall–Kier alpha value is -3.94. The summed E-state index contributed by atoms with van der Waals surface area (Å²) < 4.78 is 0. The maximum Gasteiger partial charge on any atom is 0.253 e. The predicted octanol–water partition coefficient (Wildman–Crippen LogP) is 6.49. The fourth-order valence-electron chi connectivity index (χ4n) is 5.10. The van der Waals surface area contributed by atoms with Crippen LogP contribution in [-0.4, -0.2) is 65.4 Å². The summed E-state index contributed by atoms with van der Waals surface area (Å²) >= 11 is 1.62. The van der Waals surface area contributed by atoms with Crippen LogP contribution in [0.15, 0.2) is 96.2 Å². The van der Waals surface area contributed by atoms with E-state index < -0.39 is 0 Å². The number of hydrogen-bond donors (Lipinski definition) is 0. The van der Waals surface area contributed by atoms with Gasteiger partial charge in [-0.2, -0.15) is 0 Å². The lowest BCUT2D eigenvalue weighted by molar-refractivity contribution is 0.0785. The molecule has 0 bridgehead atoms. The fraction of sp³-hybridized carbons (Fsp3) is 0.286. The summed E-state index contributed by atoms with van der Waals surface area (Å²) in [6.45, 7) is 9.62. The lowest BCUT2D eigenvalue weighted by atomic mass is 10.1. The van der Waals surface area contributed by atoms with Gasteiger partial charge in [0, 0.05) is 68.9 Å². The minimum atomic E-state index is 0.0186. The smallest absolute Gasteiger partial charge is 0.253 e. The van der Waals surface area contributed by atoms with E-state index in [-0.39, 0.29) is 5.91 Å². The molecule has 0 saturated carbocycles. The molecule has 0 atom stereocenters. The van der Waals surface area contributed by atoms with Crippen molar-refractivity contribution in [3.8, 4) is 0 Å². The molecule has 7 heteroatoms. The highest BCUT2D eigenvalue weighted by Gasteiger charge is 2.21. The zero-order valence-electron chi connectivity index (χ0n) is 24.7. The summed E-state index contributed by atoms with van der Waals surface area (Å²) in [5.41, 5.74) is 6.29. The van der Waals surface area contributed by atoms with E-state index in [0.29, 0.717) is 17.9 Å². The van der Waals surface area contributed by atoms with Gasteiger partial charge in [0.2, 0.25) is 0 Å². The molecule has 1 fully saturated rings. The van der Waals surface area contributed by atoms with Crippen molar-refractivity contribution in [1.82, 2.24) is 19.8 Å². The molecular weight excluding hydrogens is 538 g/mol. The van der Waals surface area contributed by atoms with E-state index in [4.69, 9.17) is 9.97 Å². The zero-order valence-corrected chi connectivity index (χ0v) is 25.6. The van der Waals surface area contributed by atoms with Crippen molar-refractivity contribution in [3.05, 3.63) is 125 Å². The van der Waals surface area contributed by atoms with Crippen LogP contribution >= 0.6 is 11.8 Å². The highest BCUT2D eigenvalue weighted by atomic mass is 32.2. The van der Waals surface area contributed by atoms with Crippen LogP contribution in [0, 0.1) is 13.8 Å². The van der Waals surface area contributed by atoms with Gasteiger partial charge < -0.3 is 9.80 Å². The van der Waals surface area contributed by atoms with Gasteiger partial charge in [-0.05, 0) is 42.7 Å². The van der Waals surface area contributed by atoms with E-state index in [9.17, 15) is 4.79 Å². The molecule has 0 spiro atoms. The standard InChI is InChI=1S/C35H39N5OS/c1-27-28(2)36-35(37-33(27)40-22-20-39(21-23-40)19-11-17-29-12-6-4-7-13-29)42-26-31-16-10-18-32(24-31)34(41)38(3)25-30-14-8-5-9-15-30/h4-18,24H,19-23,25-26H2,1-3H3. The number of thioether (sulfide) groups is 1. The van der Waals surface area contributed by atoms with Crippen molar-refractivity contribution >= 4 is 29.6 Å². The van der Waals surface area contributed by atoms with Crippen LogP contribution in [0.3, 0.4) is 0 Å². The Kier molecular flexibility index (Phi) is 10.1. The third kappa shape index (κ3) is 7.87. The molecular formula is C35H39N5OS. The molecule has 1 aromatic heterocycles. The van der Waals surface area contributed by atoms with Crippen LogP contribution < -0.4 is 4.90 Å². The summed E-state index contributed by atoms with van der Waals surface area (Å²) in [6, 6.07) is 28.4. The first kappa shape index (κ1) is 29.5. The molecule has 1 aliphatic heterocycles. The average Bonchev–Trinajstić information content (AvgIpc) is 3.03. The summed E-state index contributed by atoms with van der Waals surface area (Å²) in [7, 11) is 1.85. The fourth-order valence-corrected chi connectivity index (χ4v) is 5.92. The van der Waals surface area contributed by atoms with Gasteiger partial charge >= 0.3 is 0 Å². The maximum absolute atomic E-state index is 13.1. The summed E-state index contributed by atoms with van der Waals surface area (Å²) in [6.07, 6.45) is 4.45. The normalized spacial score (nSPS) is 13.9. The number of aromatic nitrogens is 2. The van der Waals surface area contributed by atoms with Crippen molar-refractivity contribution in [2.75, 3.05) is 44.7 Å². The van der Waals surface area contributed by atoms with E-state index in [2.05, 4.69) is 66.1 Å². The highest BCUT2D eigenvalue weighted by molar-refractivity contribution is 7.98. The van der Waals surface area contributed by atoms with Gasteiger partial charge in [0.05, 0.1) is 0 Å². The number of carbonyl (C=O) groups is 1. The molecule has 1 saturated heterocycles. The van der Waals surface area contributed by atoms with E-state index >= 15 is 0 Å². The van der Waals surface area contributed by atoms with Gasteiger partial charge in [0.25, 0.3) is 5.91 Å². The Bertz CT molecular complexity index is 1500. The van der Waals surface area contributed by atoms with E-state index in [1.54, 1.807) is 16.7 Å². The molecule has 0 unspecified atom stereocenters. The van der Waals surface area contributed by atoms with Gasteiger partial charge in [-0.25, -0.2) is 9.97 Å². The highest BCUT2D eigenvalue weighted by Crippen LogP contribution is 2.27. The Morgan fingerprint density at radius 3 is 2.31 bits per heavy atom. The van der Waals surface area contributed by atoms with Gasteiger partial charge in [-0.1, -0.05) is 96.7 Å². The molecule has 4 aromatic rings. The van der Waals surface area contributed by atoms with Crippen molar-refractivity contribution in [2.45, 2.75) is 31.3 Å². The number of benzene rings is 3. The molecule has 6 nitrogen and oxygen atoms in total. The molecule has 0 N–H and O–H groups in total. The largest absolute Gasteiger partial charge is 0.354 e. The van der Waals surface area contributed by atoms with E-state index in [1.165, 1.54) is 5.56 Å².